The van der Waals surface area contributed by atoms with Gasteiger partial charge in [0.15, 0.2) is 5.65 Å². The number of nitrogens with one attached hydrogen (secondary N) is 1. The number of ether oxygens (including phenoxy) is 1. The number of fused-ring (bicyclic) bond motifs is 1. The molecule has 1 atom stereocenters. The summed E-state index contributed by atoms with van der Waals surface area (Å²) in [6.07, 6.45) is 7.01. The Kier molecular flexibility index (Phi) is 4.96. The lowest BCUT2D eigenvalue weighted by atomic mass is 9.92. The first kappa shape index (κ1) is 18.7. The standard InChI is InChI=1S/C22H29N5O/c1-6-7-17(16-8-9-16)18-12-23-27-21(18)24-15(4)25-22(27)26-19-10-14(3)20(28-5)11-13(19)2/h10-12,16-17H,6-9H2,1-5H3,(H,24,25,26). The molecule has 1 aliphatic rings. The van der Waals surface area contributed by atoms with Crippen LogP contribution in [0.4, 0.5) is 11.6 Å². The maximum absolute atomic E-state index is 5.43. The van der Waals surface area contributed by atoms with Gasteiger partial charge in [0.1, 0.15) is 11.6 Å². The Morgan fingerprint density at radius 2 is 1.96 bits per heavy atom. The smallest absolute Gasteiger partial charge is 0.232 e. The molecule has 0 saturated heterocycles. The van der Waals surface area contributed by atoms with Gasteiger partial charge >= 0.3 is 0 Å². The van der Waals surface area contributed by atoms with E-state index in [0.29, 0.717) is 11.9 Å². The first-order valence-electron chi connectivity index (χ1n) is 10.2. The molecule has 4 rings (SSSR count). The van der Waals surface area contributed by atoms with Crippen molar-refractivity contribution in [2.24, 2.45) is 5.92 Å². The quantitative estimate of drug-likeness (QED) is 0.619. The Hall–Kier alpha value is -2.63. The van der Waals surface area contributed by atoms with Crippen LogP contribution in [0.2, 0.25) is 0 Å². The summed E-state index contributed by atoms with van der Waals surface area (Å²) in [5, 5.41) is 8.13. The molecule has 1 fully saturated rings. The second kappa shape index (κ2) is 7.41. The van der Waals surface area contributed by atoms with Crippen LogP contribution in [0.3, 0.4) is 0 Å². The molecule has 1 aromatic carbocycles. The van der Waals surface area contributed by atoms with Gasteiger partial charge in [-0.25, -0.2) is 4.98 Å². The van der Waals surface area contributed by atoms with Crippen molar-refractivity contribution in [3.8, 4) is 5.75 Å². The minimum absolute atomic E-state index is 0.551. The molecule has 0 radical (unpaired) electrons. The Morgan fingerprint density at radius 3 is 2.64 bits per heavy atom. The van der Waals surface area contributed by atoms with Crippen molar-refractivity contribution in [2.75, 3.05) is 12.4 Å². The van der Waals surface area contributed by atoms with Gasteiger partial charge in [0.25, 0.3) is 0 Å². The summed E-state index contributed by atoms with van der Waals surface area (Å²) in [5.41, 5.74) is 5.38. The number of anilines is 2. The molecule has 28 heavy (non-hydrogen) atoms. The van der Waals surface area contributed by atoms with Crippen molar-refractivity contribution in [1.82, 2.24) is 19.6 Å². The lowest BCUT2D eigenvalue weighted by Crippen LogP contribution is -2.08. The molecule has 6 nitrogen and oxygen atoms in total. The van der Waals surface area contributed by atoms with Crippen LogP contribution < -0.4 is 10.1 Å². The third-order valence-electron chi connectivity index (χ3n) is 5.69. The van der Waals surface area contributed by atoms with Crippen LogP contribution in [0.5, 0.6) is 5.75 Å². The third kappa shape index (κ3) is 3.43. The van der Waals surface area contributed by atoms with Crippen LogP contribution in [-0.4, -0.2) is 26.7 Å². The molecule has 3 aromatic rings. The van der Waals surface area contributed by atoms with Gasteiger partial charge in [-0.1, -0.05) is 13.3 Å². The van der Waals surface area contributed by atoms with Gasteiger partial charge in [0.05, 0.1) is 13.3 Å². The Labute approximate surface area is 166 Å². The van der Waals surface area contributed by atoms with E-state index in [1.165, 1.54) is 31.2 Å². The van der Waals surface area contributed by atoms with Crippen molar-refractivity contribution in [2.45, 2.75) is 59.3 Å². The maximum atomic E-state index is 5.43. The summed E-state index contributed by atoms with van der Waals surface area (Å²) in [7, 11) is 1.70. The zero-order valence-electron chi connectivity index (χ0n) is 17.4. The summed E-state index contributed by atoms with van der Waals surface area (Å²) in [5.74, 6) is 3.68. The lowest BCUT2D eigenvalue weighted by molar-refractivity contribution is 0.411. The Balaban J connectivity index is 1.75. The largest absolute Gasteiger partial charge is 0.496 e. The average molecular weight is 380 g/mol. The normalized spacial score (nSPS) is 15.0. The van der Waals surface area contributed by atoms with E-state index in [4.69, 9.17) is 9.72 Å². The number of benzene rings is 1. The fourth-order valence-electron chi connectivity index (χ4n) is 4.06. The number of rotatable bonds is 7. The van der Waals surface area contributed by atoms with Crippen LogP contribution in [0.1, 0.15) is 61.0 Å². The third-order valence-corrected chi connectivity index (χ3v) is 5.69. The molecular formula is C22H29N5O. The molecule has 2 aromatic heterocycles. The molecule has 1 N–H and O–H groups in total. The first-order chi connectivity index (χ1) is 13.5. The molecule has 0 aliphatic heterocycles. The van der Waals surface area contributed by atoms with E-state index in [0.717, 1.165) is 40.0 Å². The van der Waals surface area contributed by atoms with Gasteiger partial charge in [0.2, 0.25) is 5.95 Å². The molecule has 148 valence electrons. The average Bonchev–Trinajstić information content (AvgIpc) is 3.42. The van der Waals surface area contributed by atoms with E-state index in [1.54, 1.807) is 7.11 Å². The van der Waals surface area contributed by atoms with Gasteiger partial charge in [-0.3, -0.25) is 0 Å². The number of hydrogen-bond acceptors (Lipinski definition) is 5. The van der Waals surface area contributed by atoms with E-state index < -0.39 is 0 Å². The summed E-state index contributed by atoms with van der Waals surface area (Å²) in [6.45, 7) is 8.30. The van der Waals surface area contributed by atoms with Crippen molar-refractivity contribution >= 4 is 17.3 Å². The minimum Gasteiger partial charge on any atom is -0.496 e. The van der Waals surface area contributed by atoms with E-state index in [2.05, 4.69) is 35.3 Å². The van der Waals surface area contributed by atoms with E-state index >= 15 is 0 Å². The fraction of sp³-hybridized carbons (Fsp3) is 0.500. The van der Waals surface area contributed by atoms with Gasteiger partial charge in [-0.05, 0) is 75.1 Å². The Bertz CT molecular complexity index is 1010. The lowest BCUT2D eigenvalue weighted by Gasteiger charge is -2.15. The fourth-order valence-corrected chi connectivity index (χ4v) is 4.06. The van der Waals surface area contributed by atoms with Crippen LogP contribution in [0.25, 0.3) is 5.65 Å². The van der Waals surface area contributed by atoms with E-state index in [1.807, 2.05) is 30.6 Å². The van der Waals surface area contributed by atoms with Crippen LogP contribution >= 0.6 is 0 Å². The predicted octanol–water partition coefficient (Wildman–Crippen LogP) is 5.10. The predicted molar refractivity (Wildman–Crippen MR) is 112 cm³/mol. The second-order valence-electron chi connectivity index (χ2n) is 7.92. The number of methoxy groups -OCH3 is 1. The van der Waals surface area contributed by atoms with Crippen molar-refractivity contribution < 1.29 is 4.74 Å². The highest BCUT2D eigenvalue weighted by molar-refractivity contribution is 5.64. The topological polar surface area (TPSA) is 64.3 Å². The van der Waals surface area contributed by atoms with E-state index in [-0.39, 0.29) is 0 Å². The number of aromatic nitrogens is 4. The summed E-state index contributed by atoms with van der Waals surface area (Å²) < 4.78 is 7.28. The summed E-state index contributed by atoms with van der Waals surface area (Å²) in [6, 6.07) is 4.13. The minimum atomic E-state index is 0.551. The maximum Gasteiger partial charge on any atom is 0.232 e. The van der Waals surface area contributed by atoms with Gasteiger partial charge in [-0.2, -0.15) is 14.6 Å². The monoisotopic (exact) mass is 379 g/mol. The number of nitrogens with zero attached hydrogens (tertiary/aromatic N) is 4. The van der Waals surface area contributed by atoms with Gasteiger partial charge < -0.3 is 10.1 Å². The van der Waals surface area contributed by atoms with Crippen LogP contribution in [0, 0.1) is 26.7 Å². The highest BCUT2D eigenvalue weighted by atomic mass is 16.5. The van der Waals surface area contributed by atoms with Crippen molar-refractivity contribution in [3.05, 3.63) is 40.8 Å². The molecule has 1 saturated carbocycles. The van der Waals surface area contributed by atoms with Crippen LogP contribution in [0.15, 0.2) is 18.3 Å². The molecule has 0 amide bonds. The molecule has 1 unspecified atom stereocenters. The summed E-state index contributed by atoms with van der Waals surface area (Å²) >= 11 is 0. The Morgan fingerprint density at radius 1 is 1.18 bits per heavy atom. The van der Waals surface area contributed by atoms with Gasteiger partial charge in [0, 0.05) is 11.3 Å². The SMILES string of the molecule is CCCC(c1cnn2c(Nc3cc(C)c(OC)cc3C)nc(C)nc12)C1CC1. The van der Waals surface area contributed by atoms with Crippen molar-refractivity contribution in [3.63, 3.8) is 0 Å². The van der Waals surface area contributed by atoms with Gasteiger partial charge in [-0.15, -0.1) is 0 Å². The second-order valence-corrected chi connectivity index (χ2v) is 7.92. The molecule has 6 heteroatoms. The number of hydrogen-bond donors (Lipinski definition) is 1. The molecular weight excluding hydrogens is 350 g/mol. The zero-order valence-corrected chi connectivity index (χ0v) is 17.4. The highest BCUT2D eigenvalue weighted by Gasteiger charge is 2.34. The highest BCUT2D eigenvalue weighted by Crippen LogP contribution is 2.46. The molecule has 1 aliphatic carbocycles. The summed E-state index contributed by atoms with van der Waals surface area (Å²) in [4.78, 5) is 9.38. The molecule has 0 bridgehead atoms. The molecule has 0 spiro atoms. The molecule has 2 heterocycles. The number of aryl methyl sites for hydroxylation is 3. The van der Waals surface area contributed by atoms with Crippen molar-refractivity contribution in [1.29, 1.82) is 0 Å². The van der Waals surface area contributed by atoms with Crippen LogP contribution in [-0.2, 0) is 0 Å². The zero-order chi connectivity index (χ0) is 19.8. The first-order valence-corrected chi connectivity index (χ1v) is 10.2. The van der Waals surface area contributed by atoms with E-state index in [9.17, 15) is 0 Å².